The van der Waals surface area contributed by atoms with Gasteiger partial charge in [-0.3, -0.25) is 4.68 Å². The summed E-state index contributed by atoms with van der Waals surface area (Å²) in [5.41, 5.74) is 4.88. The second-order valence-corrected chi connectivity index (χ2v) is 5.62. The number of benzene rings is 1. The number of rotatable bonds is 4. The fourth-order valence-corrected chi connectivity index (χ4v) is 3.03. The van der Waals surface area contributed by atoms with Gasteiger partial charge in [0.1, 0.15) is 0 Å². The predicted octanol–water partition coefficient (Wildman–Crippen LogP) is 3.69. The molecule has 0 saturated heterocycles. The molecule has 0 atom stereocenters. The summed E-state index contributed by atoms with van der Waals surface area (Å²) in [5, 5.41) is 4.54. The van der Waals surface area contributed by atoms with Gasteiger partial charge < -0.3 is 4.90 Å². The number of aryl methyl sites for hydroxylation is 3. The maximum atomic E-state index is 4.54. The molecule has 0 radical (unpaired) electrons. The molecule has 0 fully saturated rings. The fraction of sp³-hybridized carbons (Fsp3) is 0.400. The van der Waals surface area contributed by atoms with E-state index in [0.29, 0.717) is 0 Å². The van der Waals surface area contributed by atoms with Gasteiger partial charge in [0.05, 0.1) is 22.4 Å². The summed E-state index contributed by atoms with van der Waals surface area (Å²) in [5.74, 6) is 0. The molecule has 0 amide bonds. The van der Waals surface area contributed by atoms with Crippen LogP contribution in [0.2, 0.25) is 0 Å². The molecule has 3 nitrogen and oxygen atoms in total. The first-order valence-electron chi connectivity index (χ1n) is 6.51. The first kappa shape index (κ1) is 14.1. The third-order valence-corrected chi connectivity index (χ3v) is 4.33. The first-order chi connectivity index (χ1) is 9.04. The zero-order chi connectivity index (χ0) is 14.0. The second-order valence-electron chi connectivity index (χ2n) is 4.83. The van der Waals surface area contributed by atoms with Gasteiger partial charge in [-0.05, 0) is 40.9 Å². The Morgan fingerprint density at radius 1 is 1.32 bits per heavy atom. The Labute approximate surface area is 123 Å². The van der Waals surface area contributed by atoms with E-state index in [1.807, 2.05) is 11.7 Å². The lowest BCUT2D eigenvalue weighted by Crippen LogP contribution is -2.19. The van der Waals surface area contributed by atoms with Crippen LogP contribution in [0.25, 0.3) is 0 Å². The molecule has 0 bridgehead atoms. The van der Waals surface area contributed by atoms with E-state index < -0.39 is 0 Å². The van der Waals surface area contributed by atoms with Crippen LogP contribution in [0.1, 0.15) is 23.9 Å². The van der Waals surface area contributed by atoms with Gasteiger partial charge >= 0.3 is 0 Å². The van der Waals surface area contributed by atoms with Gasteiger partial charge in [0, 0.05) is 19.8 Å². The van der Waals surface area contributed by atoms with Crippen LogP contribution in [-0.2, 0) is 20.0 Å². The second kappa shape index (κ2) is 5.78. The summed E-state index contributed by atoms with van der Waals surface area (Å²) in [6.07, 6.45) is 0.947. The van der Waals surface area contributed by atoms with Crippen LogP contribution in [0, 0.1) is 6.92 Å². The lowest BCUT2D eigenvalue weighted by Gasteiger charge is -2.21. The van der Waals surface area contributed by atoms with Gasteiger partial charge in [0.25, 0.3) is 0 Å². The number of para-hydroxylation sites is 1. The van der Waals surface area contributed by atoms with E-state index in [0.717, 1.165) is 23.1 Å². The highest BCUT2D eigenvalue weighted by atomic mass is 79.9. The molecule has 0 aliphatic rings. The van der Waals surface area contributed by atoms with E-state index in [1.165, 1.54) is 16.9 Å². The average Bonchev–Trinajstić information content (AvgIpc) is 2.66. The Hall–Kier alpha value is -1.29. The average molecular weight is 322 g/mol. The number of nitrogens with zero attached hydrogens (tertiary/aromatic N) is 3. The Morgan fingerprint density at radius 3 is 2.58 bits per heavy atom. The minimum Gasteiger partial charge on any atom is -0.368 e. The highest BCUT2D eigenvalue weighted by molar-refractivity contribution is 9.10. The van der Waals surface area contributed by atoms with Crippen LogP contribution in [0.4, 0.5) is 5.69 Å². The summed E-state index contributed by atoms with van der Waals surface area (Å²) in [7, 11) is 4.12. The van der Waals surface area contributed by atoms with Gasteiger partial charge in [-0.2, -0.15) is 5.10 Å². The molecule has 1 heterocycles. The summed E-state index contributed by atoms with van der Waals surface area (Å²) in [6, 6.07) is 8.44. The van der Waals surface area contributed by atoms with Crippen molar-refractivity contribution in [2.45, 2.75) is 26.8 Å². The van der Waals surface area contributed by atoms with Crippen molar-refractivity contribution in [3.8, 4) is 0 Å². The van der Waals surface area contributed by atoms with Crippen molar-refractivity contribution < 1.29 is 0 Å². The molecule has 0 unspecified atom stereocenters. The predicted molar refractivity (Wildman–Crippen MR) is 83.6 cm³/mol. The van der Waals surface area contributed by atoms with E-state index in [1.54, 1.807) is 0 Å². The molecule has 0 spiro atoms. The fourth-order valence-electron chi connectivity index (χ4n) is 2.29. The highest BCUT2D eigenvalue weighted by Gasteiger charge is 2.15. The minimum absolute atomic E-state index is 0.842. The Balaban J connectivity index is 2.27. The first-order valence-corrected chi connectivity index (χ1v) is 7.31. The van der Waals surface area contributed by atoms with Crippen LogP contribution < -0.4 is 4.90 Å². The number of anilines is 1. The van der Waals surface area contributed by atoms with E-state index in [-0.39, 0.29) is 0 Å². The third kappa shape index (κ3) is 2.84. The van der Waals surface area contributed by atoms with Crippen LogP contribution in [0.5, 0.6) is 0 Å². The molecular weight excluding hydrogens is 302 g/mol. The summed E-state index contributed by atoms with van der Waals surface area (Å²) in [6.45, 7) is 5.11. The number of hydrogen-bond acceptors (Lipinski definition) is 2. The molecule has 1 aromatic carbocycles. The summed E-state index contributed by atoms with van der Waals surface area (Å²) >= 11 is 3.67. The Kier molecular flexibility index (Phi) is 4.30. The third-order valence-electron chi connectivity index (χ3n) is 3.42. The van der Waals surface area contributed by atoms with Crippen LogP contribution in [0.3, 0.4) is 0 Å². The molecule has 2 rings (SSSR count). The van der Waals surface area contributed by atoms with Gasteiger partial charge in [-0.1, -0.05) is 25.1 Å². The van der Waals surface area contributed by atoms with Crippen LogP contribution in [0.15, 0.2) is 28.7 Å². The van der Waals surface area contributed by atoms with Crippen molar-refractivity contribution in [2.24, 2.45) is 7.05 Å². The van der Waals surface area contributed by atoms with Gasteiger partial charge in [0.2, 0.25) is 0 Å². The van der Waals surface area contributed by atoms with E-state index >= 15 is 0 Å². The molecule has 2 aromatic rings. The SMILES string of the molecule is CCc1nn(C)c(CN(C)c2ccccc2C)c1Br. The largest absolute Gasteiger partial charge is 0.368 e. The molecule has 102 valence electrons. The zero-order valence-corrected chi connectivity index (χ0v) is 13.5. The molecule has 19 heavy (non-hydrogen) atoms. The molecular formula is C15H20BrN3. The van der Waals surface area contributed by atoms with Crippen molar-refractivity contribution in [1.82, 2.24) is 9.78 Å². The van der Waals surface area contributed by atoms with Crippen LogP contribution >= 0.6 is 15.9 Å². The quantitative estimate of drug-likeness (QED) is 0.856. The summed E-state index contributed by atoms with van der Waals surface area (Å²) < 4.78 is 3.11. The number of halogens is 1. The lowest BCUT2D eigenvalue weighted by atomic mass is 10.2. The van der Waals surface area contributed by atoms with Gasteiger partial charge in [0.15, 0.2) is 0 Å². The van der Waals surface area contributed by atoms with E-state index in [9.17, 15) is 0 Å². The van der Waals surface area contributed by atoms with Crippen molar-refractivity contribution >= 4 is 21.6 Å². The Bertz CT molecular complexity index is 575. The minimum atomic E-state index is 0.842. The zero-order valence-electron chi connectivity index (χ0n) is 11.9. The monoisotopic (exact) mass is 321 g/mol. The van der Waals surface area contributed by atoms with Crippen molar-refractivity contribution in [3.05, 3.63) is 45.7 Å². The van der Waals surface area contributed by atoms with Gasteiger partial charge in [-0.15, -0.1) is 0 Å². The normalized spacial score (nSPS) is 10.8. The summed E-state index contributed by atoms with van der Waals surface area (Å²) in [4.78, 5) is 2.26. The number of hydrogen-bond donors (Lipinski definition) is 0. The molecule has 0 N–H and O–H groups in total. The van der Waals surface area contributed by atoms with Crippen molar-refractivity contribution in [1.29, 1.82) is 0 Å². The maximum Gasteiger partial charge on any atom is 0.0767 e. The van der Waals surface area contributed by atoms with Crippen molar-refractivity contribution in [2.75, 3.05) is 11.9 Å². The smallest absolute Gasteiger partial charge is 0.0767 e. The highest BCUT2D eigenvalue weighted by Crippen LogP contribution is 2.25. The van der Waals surface area contributed by atoms with E-state index in [4.69, 9.17) is 0 Å². The standard InChI is InChI=1S/C15H20BrN3/c1-5-12-15(16)14(19(4)17-12)10-18(3)13-9-7-6-8-11(13)2/h6-9H,5,10H2,1-4H3. The molecule has 0 aliphatic heterocycles. The number of aromatic nitrogens is 2. The topological polar surface area (TPSA) is 21.1 Å². The maximum absolute atomic E-state index is 4.54. The molecule has 1 aromatic heterocycles. The van der Waals surface area contributed by atoms with E-state index in [2.05, 4.69) is 71.1 Å². The van der Waals surface area contributed by atoms with Crippen LogP contribution in [-0.4, -0.2) is 16.8 Å². The van der Waals surface area contributed by atoms with Crippen molar-refractivity contribution in [3.63, 3.8) is 0 Å². The molecule has 0 aliphatic carbocycles. The molecule has 4 heteroatoms. The Morgan fingerprint density at radius 2 is 2.00 bits per heavy atom. The van der Waals surface area contributed by atoms with Gasteiger partial charge in [-0.25, -0.2) is 0 Å². The lowest BCUT2D eigenvalue weighted by molar-refractivity contribution is 0.688. The molecule has 0 saturated carbocycles.